The van der Waals surface area contributed by atoms with Crippen LogP contribution in [0.4, 0.5) is 0 Å². The quantitative estimate of drug-likeness (QED) is 0.317. The topological polar surface area (TPSA) is 122 Å². The molecule has 0 bridgehead atoms. The molecule has 0 unspecified atom stereocenters. The summed E-state index contributed by atoms with van der Waals surface area (Å²) in [6.07, 6.45) is 5.12. The van der Waals surface area contributed by atoms with Crippen molar-refractivity contribution in [3.63, 3.8) is 0 Å². The minimum absolute atomic E-state index is 0.0287. The Balaban J connectivity index is 1.43. The molecule has 6 rings (SSSR count). The van der Waals surface area contributed by atoms with E-state index in [-0.39, 0.29) is 47.3 Å². The second-order valence-corrected chi connectivity index (χ2v) is 12.9. The predicted octanol–water partition coefficient (Wildman–Crippen LogP) is 3.91. The highest BCUT2D eigenvalue weighted by Gasteiger charge is 2.87. The molecule has 39 heavy (non-hydrogen) atoms. The lowest BCUT2D eigenvalue weighted by Gasteiger charge is -2.62. The molecular weight excluding hydrogens is 504 g/mol. The first-order chi connectivity index (χ1) is 18.4. The summed E-state index contributed by atoms with van der Waals surface area (Å²) in [6.45, 7) is 8.73. The maximum Gasteiger partial charge on any atom is 0.335 e. The van der Waals surface area contributed by atoms with E-state index in [9.17, 15) is 19.2 Å². The SMILES string of the molecule is CC(=O)O[C@H]1CC[C@@]2(C)[C@@H](CC[C@@H]3[C@@H]2C[C@@H](OC(C)=O)[C@]2(C)[C@@H](c4ccc(=O)oc4)[C@@H](OC(C)=O)[C@H]4O[C@]342)C1. The van der Waals surface area contributed by atoms with Gasteiger partial charge in [-0.15, -0.1) is 0 Å². The molecule has 1 spiro atoms. The van der Waals surface area contributed by atoms with Gasteiger partial charge in [0.05, 0.1) is 6.26 Å². The Morgan fingerprint density at radius 1 is 0.897 bits per heavy atom. The maximum atomic E-state index is 12.5. The van der Waals surface area contributed by atoms with Crippen molar-refractivity contribution in [1.82, 2.24) is 0 Å². The average Bonchev–Trinajstić information content (AvgIpc) is 3.55. The summed E-state index contributed by atoms with van der Waals surface area (Å²) < 4.78 is 29.7. The fourth-order valence-electron chi connectivity index (χ4n) is 9.73. The molecule has 2 heterocycles. The molecule has 5 aliphatic rings. The van der Waals surface area contributed by atoms with Gasteiger partial charge in [-0.3, -0.25) is 14.4 Å². The van der Waals surface area contributed by atoms with Crippen LogP contribution in [0.2, 0.25) is 0 Å². The Kier molecular flexibility index (Phi) is 6.06. The van der Waals surface area contributed by atoms with Gasteiger partial charge in [0.2, 0.25) is 0 Å². The zero-order valence-corrected chi connectivity index (χ0v) is 23.3. The third-order valence-electron chi connectivity index (χ3n) is 11.2. The second-order valence-electron chi connectivity index (χ2n) is 12.9. The van der Waals surface area contributed by atoms with Gasteiger partial charge >= 0.3 is 23.5 Å². The van der Waals surface area contributed by atoms with E-state index in [2.05, 4.69) is 13.8 Å². The van der Waals surface area contributed by atoms with Crippen LogP contribution in [0.25, 0.3) is 0 Å². The van der Waals surface area contributed by atoms with E-state index in [0.717, 1.165) is 37.7 Å². The summed E-state index contributed by atoms with van der Waals surface area (Å²) in [5, 5.41) is 0. The molecule has 4 saturated carbocycles. The first-order valence-corrected chi connectivity index (χ1v) is 14.2. The van der Waals surface area contributed by atoms with Gasteiger partial charge in [-0.2, -0.15) is 0 Å². The van der Waals surface area contributed by atoms with E-state index >= 15 is 0 Å². The van der Waals surface area contributed by atoms with Crippen molar-refractivity contribution in [3.8, 4) is 0 Å². The van der Waals surface area contributed by atoms with Gasteiger partial charge in [0.1, 0.15) is 30.0 Å². The molecule has 0 aromatic carbocycles. The molecule has 4 aliphatic carbocycles. The highest BCUT2D eigenvalue weighted by Crippen LogP contribution is 2.78. The zero-order chi connectivity index (χ0) is 27.9. The van der Waals surface area contributed by atoms with Crippen molar-refractivity contribution in [2.45, 2.75) is 109 Å². The largest absolute Gasteiger partial charge is 0.463 e. The number of hydrogen-bond acceptors (Lipinski definition) is 9. The third kappa shape index (κ3) is 3.75. The number of carbonyl (C=O) groups is 3. The Morgan fingerprint density at radius 2 is 1.62 bits per heavy atom. The maximum absolute atomic E-state index is 12.5. The smallest absolute Gasteiger partial charge is 0.335 e. The summed E-state index contributed by atoms with van der Waals surface area (Å²) in [5.74, 6) is -0.587. The number of carbonyl (C=O) groups excluding carboxylic acids is 3. The molecule has 1 aliphatic heterocycles. The van der Waals surface area contributed by atoms with Crippen molar-refractivity contribution >= 4 is 17.9 Å². The zero-order valence-electron chi connectivity index (χ0n) is 23.3. The van der Waals surface area contributed by atoms with E-state index in [1.54, 1.807) is 6.07 Å². The van der Waals surface area contributed by atoms with Gasteiger partial charge in [0.25, 0.3) is 0 Å². The van der Waals surface area contributed by atoms with Crippen LogP contribution in [-0.4, -0.2) is 47.9 Å². The van der Waals surface area contributed by atoms with Gasteiger partial charge in [-0.05, 0) is 73.3 Å². The fraction of sp³-hybridized carbons (Fsp3) is 0.733. The minimum atomic E-state index is -0.706. The molecule has 0 N–H and O–H groups in total. The first kappa shape index (κ1) is 26.5. The number of fused-ring (bicyclic) bond motifs is 3. The predicted molar refractivity (Wildman–Crippen MR) is 136 cm³/mol. The lowest BCUT2D eigenvalue weighted by molar-refractivity contribution is -0.206. The van der Waals surface area contributed by atoms with E-state index in [4.69, 9.17) is 23.4 Å². The van der Waals surface area contributed by atoms with E-state index in [0.29, 0.717) is 12.3 Å². The Hall–Kier alpha value is -2.68. The van der Waals surface area contributed by atoms with Crippen LogP contribution in [0.5, 0.6) is 0 Å². The van der Waals surface area contributed by atoms with Crippen molar-refractivity contribution < 1.29 is 37.7 Å². The van der Waals surface area contributed by atoms with Crippen molar-refractivity contribution in [1.29, 1.82) is 0 Å². The highest BCUT2D eigenvalue weighted by atomic mass is 16.7. The molecule has 0 amide bonds. The average molecular weight is 543 g/mol. The van der Waals surface area contributed by atoms with E-state index in [1.807, 2.05) is 0 Å². The molecule has 1 aromatic rings. The molecule has 212 valence electrons. The standard InChI is InChI=1S/C30H38O9/c1-15(31)36-20-10-11-28(4)19(12-20)7-8-21-22(28)13-23(37-16(2)32)29(5)25(18-6-9-24(34)35-14-18)26(38-17(3)33)27-30(21,29)39-27/h6,9,14,19-23,25-27H,7-8,10-13H2,1-5H3/t19-,20-,21+,22-,23+,25-,26+,27+,28-,29+,30+/m0/s1. The molecule has 5 fully saturated rings. The monoisotopic (exact) mass is 542 g/mol. The number of esters is 3. The van der Waals surface area contributed by atoms with Gasteiger partial charge in [0, 0.05) is 38.2 Å². The number of rotatable bonds is 4. The van der Waals surface area contributed by atoms with Crippen LogP contribution < -0.4 is 5.63 Å². The van der Waals surface area contributed by atoms with Crippen LogP contribution in [0.3, 0.4) is 0 Å². The lowest BCUT2D eigenvalue weighted by atomic mass is 9.43. The summed E-state index contributed by atoms with van der Waals surface area (Å²) >= 11 is 0. The van der Waals surface area contributed by atoms with Gasteiger partial charge < -0.3 is 23.4 Å². The first-order valence-electron chi connectivity index (χ1n) is 14.2. The van der Waals surface area contributed by atoms with Crippen LogP contribution in [-0.2, 0) is 33.3 Å². The Labute approximate surface area is 227 Å². The molecule has 9 heteroatoms. The van der Waals surface area contributed by atoms with Gasteiger partial charge in [0.15, 0.2) is 0 Å². The third-order valence-corrected chi connectivity index (χ3v) is 11.2. The second kappa shape index (κ2) is 8.91. The molecule has 9 nitrogen and oxygen atoms in total. The Bertz CT molecular complexity index is 1230. The van der Waals surface area contributed by atoms with Crippen molar-refractivity contribution in [2.24, 2.45) is 28.6 Å². The van der Waals surface area contributed by atoms with E-state index in [1.165, 1.54) is 33.1 Å². The number of hydrogen-bond donors (Lipinski definition) is 0. The van der Waals surface area contributed by atoms with Crippen molar-refractivity contribution in [2.75, 3.05) is 0 Å². The number of ether oxygens (including phenoxy) is 4. The van der Waals surface area contributed by atoms with Gasteiger partial charge in [-0.1, -0.05) is 13.8 Å². The molecular formula is C30H38O9. The van der Waals surface area contributed by atoms with Crippen LogP contribution in [0.15, 0.2) is 27.6 Å². The molecule has 1 aromatic heterocycles. The molecule has 0 radical (unpaired) electrons. The Morgan fingerprint density at radius 3 is 2.26 bits per heavy atom. The minimum Gasteiger partial charge on any atom is -0.463 e. The van der Waals surface area contributed by atoms with Crippen LogP contribution in [0.1, 0.15) is 84.6 Å². The van der Waals surface area contributed by atoms with Crippen molar-refractivity contribution in [3.05, 3.63) is 34.4 Å². The number of epoxide rings is 1. The van der Waals surface area contributed by atoms with Crippen LogP contribution >= 0.6 is 0 Å². The van der Waals surface area contributed by atoms with E-state index < -0.39 is 34.8 Å². The lowest BCUT2D eigenvalue weighted by Crippen LogP contribution is -2.64. The molecule has 11 atom stereocenters. The molecule has 1 saturated heterocycles. The highest BCUT2D eigenvalue weighted by molar-refractivity contribution is 5.68. The summed E-state index contributed by atoms with van der Waals surface area (Å²) in [4.78, 5) is 48.3. The summed E-state index contributed by atoms with van der Waals surface area (Å²) in [6, 6.07) is 3.10. The summed E-state index contributed by atoms with van der Waals surface area (Å²) in [7, 11) is 0. The van der Waals surface area contributed by atoms with Gasteiger partial charge in [-0.25, -0.2) is 4.79 Å². The normalized spacial score (nSPS) is 45.6. The fourth-order valence-corrected chi connectivity index (χ4v) is 9.73. The summed E-state index contributed by atoms with van der Waals surface area (Å²) in [5.41, 5.74) is -1.10. The van der Waals surface area contributed by atoms with Crippen LogP contribution in [0, 0.1) is 28.6 Å².